The highest BCUT2D eigenvalue weighted by atomic mass is 19.3. The van der Waals surface area contributed by atoms with Gasteiger partial charge in [0.15, 0.2) is 5.78 Å². The Labute approximate surface area is 177 Å². The number of pyridine rings is 1. The summed E-state index contributed by atoms with van der Waals surface area (Å²) in [5.74, 6) is 0.725. The van der Waals surface area contributed by atoms with E-state index in [-0.39, 0.29) is 35.1 Å². The molecule has 0 saturated heterocycles. The first-order chi connectivity index (χ1) is 14.9. The van der Waals surface area contributed by atoms with E-state index in [0.717, 1.165) is 29.7 Å². The van der Waals surface area contributed by atoms with Gasteiger partial charge in [0.1, 0.15) is 35.9 Å². The van der Waals surface area contributed by atoms with Crippen molar-refractivity contribution in [2.75, 3.05) is 19.8 Å². The molecule has 2 N–H and O–H groups in total. The van der Waals surface area contributed by atoms with Crippen LogP contribution in [0.1, 0.15) is 34.5 Å². The van der Waals surface area contributed by atoms with E-state index in [1.807, 2.05) is 18.2 Å². The van der Waals surface area contributed by atoms with Crippen molar-refractivity contribution in [2.24, 2.45) is 16.1 Å². The number of aliphatic imine (C=N–C) groups is 1. The van der Waals surface area contributed by atoms with Gasteiger partial charge in [-0.15, -0.1) is 0 Å². The maximum atomic E-state index is 12.7. The monoisotopic (exact) mass is 429 g/mol. The van der Waals surface area contributed by atoms with Crippen LogP contribution < -0.4 is 15.2 Å². The Hall–Kier alpha value is -3.23. The third kappa shape index (κ3) is 3.37. The van der Waals surface area contributed by atoms with Crippen LogP contribution in [0.15, 0.2) is 41.5 Å². The van der Waals surface area contributed by atoms with Crippen LogP contribution >= 0.6 is 0 Å². The molecule has 1 fully saturated rings. The molecule has 31 heavy (non-hydrogen) atoms. The van der Waals surface area contributed by atoms with Crippen LogP contribution in [0, 0.1) is 5.41 Å². The Morgan fingerprint density at radius 3 is 2.68 bits per heavy atom. The standard InChI is InChI=1S/C22H21F2N3O4/c23-19(24)10-29-14-2-3-16(26-9-14)17(28)8-13-1-4-18-15(7-13)22(12-31-20(25)27-22)21(5-6-21)11-30-18/h1-4,7,9,19H,5-6,8,10-12H2,(H2,25,27). The SMILES string of the molecule is NC1=NC2(CO1)c1cc(CC(=O)c3ccc(OCC(F)F)cn3)ccc1OCC21CC1. The molecule has 3 aliphatic rings. The number of hydrogen-bond acceptors (Lipinski definition) is 7. The summed E-state index contributed by atoms with van der Waals surface area (Å²) in [6.07, 6.45) is 0.799. The molecule has 2 aliphatic heterocycles. The Balaban J connectivity index is 1.37. The zero-order valence-electron chi connectivity index (χ0n) is 16.6. The first-order valence-electron chi connectivity index (χ1n) is 10.1. The predicted octanol–water partition coefficient (Wildman–Crippen LogP) is 2.86. The number of ketones is 1. The van der Waals surface area contributed by atoms with Gasteiger partial charge in [0, 0.05) is 17.4 Å². The smallest absolute Gasteiger partial charge is 0.283 e. The van der Waals surface area contributed by atoms with Crippen LogP contribution in [-0.4, -0.2) is 43.0 Å². The van der Waals surface area contributed by atoms with Crippen LogP contribution in [0.4, 0.5) is 8.78 Å². The van der Waals surface area contributed by atoms with Gasteiger partial charge < -0.3 is 19.9 Å². The first kappa shape index (κ1) is 19.7. The van der Waals surface area contributed by atoms with E-state index < -0.39 is 18.6 Å². The number of hydrogen-bond donors (Lipinski definition) is 1. The minimum atomic E-state index is -2.57. The number of aromatic nitrogens is 1. The highest BCUT2D eigenvalue weighted by Crippen LogP contribution is 2.65. The average Bonchev–Trinajstić information content (AvgIpc) is 3.45. The second-order valence-corrected chi connectivity index (χ2v) is 8.18. The Morgan fingerprint density at radius 2 is 2.03 bits per heavy atom. The molecule has 1 aromatic carbocycles. The van der Waals surface area contributed by atoms with E-state index in [0.29, 0.717) is 13.2 Å². The molecule has 2 aromatic rings. The molecule has 0 bridgehead atoms. The zero-order valence-corrected chi connectivity index (χ0v) is 16.6. The molecule has 1 aliphatic carbocycles. The van der Waals surface area contributed by atoms with Crippen LogP contribution in [-0.2, 0) is 16.7 Å². The lowest BCUT2D eigenvalue weighted by Gasteiger charge is -2.39. The number of alkyl halides is 2. The lowest BCUT2D eigenvalue weighted by molar-refractivity contribution is 0.0816. The van der Waals surface area contributed by atoms with Crippen molar-refractivity contribution in [3.05, 3.63) is 53.3 Å². The average molecular weight is 429 g/mol. The van der Waals surface area contributed by atoms with E-state index in [2.05, 4.69) is 9.98 Å². The quantitative estimate of drug-likeness (QED) is 0.710. The number of Topliss-reactive ketones (excluding diaryl/α,β-unsaturated/α-hetero) is 1. The molecule has 1 saturated carbocycles. The van der Waals surface area contributed by atoms with Gasteiger partial charge >= 0.3 is 0 Å². The van der Waals surface area contributed by atoms with Gasteiger partial charge in [-0.1, -0.05) is 6.07 Å². The normalized spacial score (nSPS) is 22.6. The van der Waals surface area contributed by atoms with Gasteiger partial charge in [-0.05, 0) is 42.7 Å². The number of fused-ring (bicyclic) bond motifs is 3. The van der Waals surface area contributed by atoms with E-state index >= 15 is 0 Å². The molecule has 0 radical (unpaired) electrons. The number of halogens is 2. The minimum absolute atomic E-state index is 0.112. The fourth-order valence-corrected chi connectivity index (χ4v) is 4.37. The molecule has 3 heterocycles. The summed E-state index contributed by atoms with van der Waals surface area (Å²) in [5, 5.41) is 0. The molecule has 5 rings (SSSR count). The summed E-state index contributed by atoms with van der Waals surface area (Å²) in [7, 11) is 0. The number of nitrogens with zero attached hydrogens (tertiary/aromatic N) is 2. The van der Waals surface area contributed by atoms with E-state index in [1.54, 1.807) is 0 Å². The van der Waals surface area contributed by atoms with Crippen molar-refractivity contribution >= 4 is 11.8 Å². The number of carbonyl (C=O) groups excluding carboxylic acids is 1. The fraction of sp³-hybridized carbons (Fsp3) is 0.409. The molecular formula is C22H21F2N3O4. The minimum Gasteiger partial charge on any atom is -0.493 e. The second-order valence-electron chi connectivity index (χ2n) is 8.18. The van der Waals surface area contributed by atoms with Crippen molar-refractivity contribution < 1.29 is 27.8 Å². The highest BCUT2D eigenvalue weighted by molar-refractivity contribution is 5.95. The molecule has 162 valence electrons. The maximum Gasteiger partial charge on any atom is 0.283 e. The summed E-state index contributed by atoms with van der Waals surface area (Å²) < 4.78 is 40.9. The van der Waals surface area contributed by atoms with Gasteiger partial charge in [-0.2, -0.15) is 0 Å². The van der Waals surface area contributed by atoms with Crippen molar-refractivity contribution in [1.82, 2.24) is 4.98 Å². The third-order valence-corrected chi connectivity index (χ3v) is 6.22. The lowest BCUT2D eigenvalue weighted by Crippen LogP contribution is -2.44. The van der Waals surface area contributed by atoms with Crippen molar-refractivity contribution in [1.29, 1.82) is 0 Å². The van der Waals surface area contributed by atoms with Crippen molar-refractivity contribution in [2.45, 2.75) is 31.2 Å². The highest BCUT2D eigenvalue weighted by Gasteiger charge is 2.66. The number of carbonyl (C=O) groups is 1. The number of nitrogens with two attached hydrogens (primary N) is 1. The second kappa shape index (κ2) is 7.18. The Morgan fingerprint density at radius 1 is 1.19 bits per heavy atom. The summed E-state index contributed by atoms with van der Waals surface area (Å²) in [5.41, 5.74) is 7.10. The third-order valence-electron chi connectivity index (χ3n) is 6.22. The fourth-order valence-electron chi connectivity index (χ4n) is 4.37. The van der Waals surface area contributed by atoms with Gasteiger partial charge in [0.25, 0.3) is 12.4 Å². The topological polar surface area (TPSA) is 96.0 Å². The predicted molar refractivity (Wildman–Crippen MR) is 107 cm³/mol. The Kier molecular flexibility index (Phi) is 4.56. The van der Waals surface area contributed by atoms with Crippen LogP contribution in [0.5, 0.6) is 11.5 Å². The number of ether oxygens (including phenoxy) is 3. The molecule has 1 atom stereocenters. The van der Waals surface area contributed by atoms with E-state index in [4.69, 9.17) is 19.9 Å². The number of benzene rings is 1. The largest absolute Gasteiger partial charge is 0.493 e. The molecule has 7 nitrogen and oxygen atoms in total. The molecule has 1 unspecified atom stereocenters. The maximum absolute atomic E-state index is 12.7. The van der Waals surface area contributed by atoms with Crippen molar-refractivity contribution in [3.63, 3.8) is 0 Å². The lowest BCUT2D eigenvalue weighted by atomic mass is 9.74. The molecule has 9 heteroatoms. The number of amidine groups is 1. The number of rotatable bonds is 6. The molecule has 2 spiro atoms. The first-order valence-corrected chi connectivity index (χ1v) is 10.1. The molecular weight excluding hydrogens is 408 g/mol. The van der Waals surface area contributed by atoms with Crippen LogP contribution in [0.3, 0.4) is 0 Å². The van der Waals surface area contributed by atoms with E-state index in [9.17, 15) is 13.6 Å². The summed E-state index contributed by atoms with van der Waals surface area (Å²) in [6.45, 7) is 0.225. The van der Waals surface area contributed by atoms with Gasteiger partial charge in [-0.3, -0.25) is 4.79 Å². The van der Waals surface area contributed by atoms with Crippen LogP contribution in [0.25, 0.3) is 0 Å². The van der Waals surface area contributed by atoms with Gasteiger partial charge in [0.2, 0.25) is 0 Å². The summed E-state index contributed by atoms with van der Waals surface area (Å²) in [6, 6.07) is 8.76. The van der Waals surface area contributed by atoms with Gasteiger partial charge in [0.05, 0.1) is 12.8 Å². The summed E-state index contributed by atoms with van der Waals surface area (Å²) >= 11 is 0. The van der Waals surface area contributed by atoms with Crippen LogP contribution in [0.2, 0.25) is 0 Å². The summed E-state index contributed by atoms with van der Waals surface area (Å²) in [4.78, 5) is 21.5. The zero-order chi connectivity index (χ0) is 21.6. The molecule has 0 amide bonds. The molecule has 1 aromatic heterocycles. The van der Waals surface area contributed by atoms with E-state index in [1.165, 1.54) is 18.3 Å². The van der Waals surface area contributed by atoms with Crippen molar-refractivity contribution in [3.8, 4) is 11.5 Å². The Bertz CT molecular complexity index is 1050. The van der Waals surface area contributed by atoms with Gasteiger partial charge in [-0.25, -0.2) is 18.8 Å².